The smallest absolute Gasteiger partial charge is 0.346 e. The minimum Gasteiger partial charge on any atom is -0.394 e. The molecule has 0 rings (SSSR count). The number of rotatable bonds is 8. The van der Waals surface area contributed by atoms with Gasteiger partial charge in [0.2, 0.25) is 0 Å². The SMILES string of the molecule is CCO[Si](OCC)(C(C)C)C(C)(C)C(C)CC. The van der Waals surface area contributed by atoms with Gasteiger partial charge in [0, 0.05) is 18.3 Å². The van der Waals surface area contributed by atoms with Crippen LogP contribution in [0.4, 0.5) is 0 Å². The summed E-state index contributed by atoms with van der Waals surface area (Å²) in [6.07, 6.45) is 1.18. The molecule has 17 heavy (non-hydrogen) atoms. The van der Waals surface area contributed by atoms with E-state index >= 15 is 0 Å². The van der Waals surface area contributed by atoms with Crippen molar-refractivity contribution in [1.29, 1.82) is 0 Å². The third kappa shape index (κ3) is 3.33. The molecule has 0 aromatic heterocycles. The first kappa shape index (κ1) is 17.1. The Morgan fingerprint density at radius 1 is 0.941 bits per heavy atom. The van der Waals surface area contributed by atoms with Gasteiger partial charge in [-0.05, 0) is 25.3 Å². The summed E-state index contributed by atoms with van der Waals surface area (Å²) < 4.78 is 12.5. The molecule has 104 valence electrons. The molecule has 0 spiro atoms. The lowest BCUT2D eigenvalue weighted by molar-refractivity contribution is 0.134. The van der Waals surface area contributed by atoms with Crippen LogP contribution in [0.15, 0.2) is 0 Å². The molecule has 3 heteroatoms. The summed E-state index contributed by atoms with van der Waals surface area (Å²) in [5.41, 5.74) is 0.478. The molecule has 0 heterocycles. The van der Waals surface area contributed by atoms with Crippen LogP contribution in [0.3, 0.4) is 0 Å². The Labute approximate surface area is 109 Å². The first-order valence-electron chi connectivity index (χ1n) is 7.07. The summed E-state index contributed by atoms with van der Waals surface area (Å²) in [7, 11) is -2.18. The van der Waals surface area contributed by atoms with Crippen molar-refractivity contribution < 1.29 is 8.85 Å². The second-order valence-electron chi connectivity index (χ2n) is 5.72. The average Bonchev–Trinajstić information content (AvgIpc) is 2.26. The highest BCUT2D eigenvalue weighted by Gasteiger charge is 2.56. The van der Waals surface area contributed by atoms with E-state index in [2.05, 4.69) is 55.4 Å². The second kappa shape index (κ2) is 6.91. The van der Waals surface area contributed by atoms with E-state index in [1.165, 1.54) is 6.42 Å². The van der Waals surface area contributed by atoms with Crippen molar-refractivity contribution in [3.05, 3.63) is 0 Å². The lowest BCUT2D eigenvalue weighted by Gasteiger charge is -2.48. The minimum atomic E-state index is -2.18. The Morgan fingerprint density at radius 3 is 1.59 bits per heavy atom. The van der Waals surface area contributed by atoms with Crippen LogP contribution in [0.1, 0.15) is 61.8 Å². The van der Waals surface area contributed by atoms with Crippen molar-refractivity contribution in [2.45, 2.75) is 72.4 Å². The summed E-state index contributed by atoms with van der Waals surface area (Å²) in [6.45, 7) is 19.4. The predicted molar refractivity (Wildman–Crippen MR) is 77.6 cm³/mol. The average molecular weight is 260 g/mol. The zero-order chi connectivity index (χ0) is 13.7. The third-order valence-electron chi connectivity index (χ3n) is 4.22. The molecule has 0 amide bonds. The van der Waals surface area contributed by atoms with E-state index < -0.39 is 8.56 Å². The van der Waals surface area contributed by atoms with Gasteiger partial charge in [0.1, 0.15) is 0 Å². The zero-order valence-corrected chi connectivity index (χ0v) is 14.1. The van der Waals surface area contributed by atoms with Gasteiger partial charge in [-0.2, -0.15) is 0 Å². The molecule has 0 bridgehead atoms. The molecule has 0 saturated heterocycles. The van der Waals surface area contributed by atoms with E-state index in [9.17, 15) is 0 Å². The fraction of sp³-hybridized carbons (Fsp3) is 1.00. The highest BCUT2D eigenvalue weighted by Crippen LogP contribution is 2.51. The first-order valence-corrected chi connectivity index (χ1v) is 8.97. The molecule has 0 aliphatic carbocycles. The summed E-state index contributed by atoms with van der Waals surface area (Å²) in [5.74, 6) is 0.620. The van der Waals surface area contributed by atoms with Crippen LogP contribution in [0.2, 0.25) is 10.6 Å². The predicted octanol–water partition coefficient (Wildman–Crippen LogP) is 4.74. The Morgan fingerprint density at radius 2 is 1.35 bits per heavy atom. The van der Waals surface area contributed by atoms with E-state index in [1.807, 2.05) is 0 Å². The van der Waals surface area contributed by atoms with Crippen molar-refractivity contribution in [3.8, 4) is 0 Å². The second-order valence-corrected chi connectivity index (χ2v) is 10.1. The van der Waals surface area contributed by atoms with Crippen LogP contribution in [-0.4, -0.2) is 21.8 Å². The standard InChI is InChI=1S/C14H32O2Si/c1-9-13(6)14(7,8)17(12(4)5,15-10-2)16-11-3/h12-13H,9-11H2,1-8H3. The van der Waals surface area contributed by atoms with Gasteiger partial charge in [0.15, 0.2) is 0 Å². The Bertz CT molecular complexity index is 208. The minimum absolute atomic E-state index is 0.141. The van der Waals surface area contributed by atoms with E-state index in [0.29, 0.717) is 11.5 Å². The molecule has 0 aliphatic rings. The molecule has 0 radical (unpaired) electrons. The van der Waals surface area contributed by atoms with Crippen LogP contribution in [0.25, 0.3) is 0 Å². The van der Waals surface area contributed by atoms with Crippen LogP contribution in [0.5, 0.6) is 0 Å². The van der Waals surface area contributed by atoms with Crippen molar-refractivity contribution in [3.63, 3.8) is 0 Å². The van der Waals surface area contributed by atoms with E-state index in [1.54, 1.807) is 0 Å². The van der Waals surface area contributed by atoms with Crippen LogP contribution < -0.4 is 0 Å². The van der Waals surface area contributed by atoms with Gasteiger partial charge < -0.3 is 8.85 Å². The monoisotopic (exact) mass is 260 g/mol. The van der Waals surface area contributed by atoms with E-state index in [-0.39, 0.29) is 5.04 Å². The molecular weight excluding hydrogens is 228 g/mol. The molecule has 0 saturated carbocycles. The van der Waals surface area contributed by atoms with Crippen molar-refractivity contribution in [2.75, 3.05) is 13.2 Å². The van der Waals surface area contributed by atoms with Gasteiger partial charge in [-0.1, -0.05) is 48.0 Å². The van der Waals surface area contributed by atoms with E-state index in [0.717, 1.165) is 13.2 Å². The Balaban J connectivity index is 5.38. The van der Waals surface area contributed by atoms with E-state index in [4.69, 9.17) is 8.85 Å². The maximum absolute atomic E-state index is 6.24. The van der Waals surface area contributed by atoms with Crippen molar-refractivity contribution in [1.82, 2.24) is 0 Å². The van der Waals surface area contributed by atoms with Crippen LogP contribution in [-0.2, 0) is 8.85 Å². The van der Waals surface area contributed by atoms with Crippen LogP contribution >= 0.6 is 0 Å². The third-order valence-corrected chi connectivity index (χ3v) is 9.46. The molecule has 0 fully saturated rings. The quantitative estimate of drug-likeness (QED) is 0.587. The molecule has 0 aromatic rings. The highest BCUT2D eigenvalue weighted by molar-refractivity contribution is 6.72. The molecule has 0 N–H and O–H groups in total. The summed E-state index contributed by atoms with van der Waals surface area (Å²) in [5, 5.41) is 0.141. The molecular formula is C14H32O2Si. The molecule has 0 aromatic carbocycles. The summed E-state index contributed by atoms with van der Waals surface area (Å²) in [4.78, 5) is 0. The maximum Gasteiger partial charge on any atom is 0.346 e. The van der Waals surface area contributed by atoms with Crippen molar-refractivity contribution >= 4 is 8.56 Å². The molecule has 1 atom stereocenters. The fourth-order valence-corrected chi connectivity index (χ4v) is 7.50. The van der Waals surface area contributed by atoms with Crippen LogP contribution in [0, 0.1) is 5.92 Å². The lowest BCUT2D eigenvalue weighted by atomic mass is 9.94. The molecule has 1 unspecified atom stereocenters. The Hall–Kier alpha value is 0.137. The van der Waals surface area contributed by atoms with Crippen molar-refractivity contribution in [2.24, 2.45) is 5.92 Å². The Kier molecular flexibility index (Phi) is 6.96. The summed E-state index contributed by atoms with van der Waals surface area (Å²) in [6, 6.07) is 0. The number of hydrogen-bond donors (Lipinski definition) is 0. The summed E-state index contributed by atoms with van der Waals surface area (Å²) >= 11 is 0. The van der Waals surface area contributed by atoms with Gasteiger partial charge in [-0.3, -0.25) is 0 Å². The first-order chi connectivity index (χ1) is 7.80. The molecule has 2 nitrogen and oxygen atoms in total. The van der Waals surface area contributed by atoms with Gasteiger partial charge >= 0.3 is 8.56 Å². The van der Waals surface area contributed by atoms with Gasteiger partial charge in [-0.15, -0.1) is 0 Å². The lowest BCUT2D eigenvalue weighted by Crippen LogP contribution is -2.56. The van der Waals surface area contributed by atoms with Gasteiger partial charge in [0.25, 0.3) is 0 Å². The topological polar surface area (TPSA) is 18.5 Å². The zero-order valence-electron chi connectivity index (χ0n) is 13.1. The highest BCUT2D eigenvalue weighted by atomic mass is 28.4. The molecule has 0 aliphatic heterocycles. The van der Waals surface area contributed by atoms with Gasteiger partial charge in [0.05, 0.1) is 0 Å². The fourth-order valence-electron chi connectivity index (χ4n) is 2.77. The normalized spacial score (nSPS) is 15.4. The maximum atomic E-state index is 6.24. The van der Waals surface area contributed by atoms with Gasteiger partial charge in [-0.25, -0.2) is 0 Å². The largest absolute Gasteiger partial charge is 0.394 e. The number of hydrogen-bond acceptors (Lipinski definition) is 2.